The quantitative estimate of drug-likeness (QED) is 0.850. The lowest BCUT2D eigenvalue weighted by Gasteiger charge is -2.11. The summed E-state index contributed by atoms with van der Waals surface area (Å²) in [5, 5.41) is 10.2. The van der Waals surface area contributed by atoms with E-state index in [2.05, 4.69) is 15.9 Å². The topological polar surface area (TPSA) is 20.2 Å². The Morgan fingerprint density at radius 3 is 2.75 bits per heavy atom. The van der Waals surface area contributed by atoms with Crippen molar-refractivity contribution in [2.24, 2.45) is 0 Å². The molecule has 1 aromatic carbocycles. The molecule has 0 heterocycles. The van der Waals surface area contributed by atoms with E-state index in [1.54, 1.807) is 6.07 Å². The molecule has 0 bridgehead atoms. The van der Waals surface area contributed by atoms with Crippen LogP contribution < -0.4 is 0 Å². The highest BCUT2D eigenvalue weighted by Crippen LogP contribution is 2.31. The largest absolute Gasteiger partial charge is 0.388 e. The zero-order chi connectivity index (χ0) is 9.14. The summed E-state index contributed by atoms with van der Waals surface area (Å²) in [4.78, 5) is 0. The fourth-order valence-electron chi connectivity index (χ4n) is 1.03. The maximum atomic E-state index is 9.58. The van der Waals surface area contributed by atoms with Crippen LogP contribution in [0.2, 0.25) is 5.02 Å². The molecular formula is C9H10BrClO. The van der Waals surface area contributed by atoms with E-state index < -0.39 is 6.10 Å². The van der Waals surface area contributed by atoms with Crippen LogP contribution in [0.1, 0.15) is 25.0 Å². The van der Waals surface area contributed by atoms with E-state index in [9.17, 15) is 5.11 Å². The van der Waals surface area contributed by atoms with Crippen LogP contribution >= 0.6 is 27.5 Å². The molecule has 1 N–H and O–H groups in total. The Labute approximate surface area is 85.5 Å². The summed E-state index contributed by atoms with van der Waals surface area (Å²) >= 11 is 9.26. The first-order valence-corrected chi connectivity index (χ1v) is 4.96. The standard InChI is InChI=1S/C9H10BrClO/c1-2-8(12)9-6(10)4-3-5-7(9)11/h3-5,8,12H,2H2,1H3. The van der Waals surface area contributed by atoms with Gasteiger partial charge in [-0.3, -0.25) is 0 Å². The molecule has 66 valence electrons. The predicted molar refractivity (Wildman–Crippen MR) is 54.4 cm³/mol. The van der Waals surface area contributed by atoms with Gasteiger partial charge in [0.1, 0.15) is 0 Å². The number of halogens is 2. The molecule has 0 aliphatic heterocycles. The highest BCUT2D eigenvalue weighted by Gasteiger charge is 2.12. The van der Waals surface area contributed by atoms with Gasteiger partial charge in [-0.1, -0.05) is 40.5 Å². The minimum absolute atomic E-state index is 0.479. The molecule has 1 nitrogen and oxygen atoms in total. The molecule has 0 amide bonds. The normalized spacial score (nSPS) is 13.0. The van der Waals surface area contributed by atoms with Gasteiger partial charge in [0.2, 0.25) is 0 Å². The molecule has 12 heavy (non-hydrogen) atoms. The zero-order valence-corrected chi connectivity index (χ0v) is 9.06. The van der Waals surface area contributed by atoms with Crippen LogP contribution in [0.25, 0.3) is 0 Å². The van der Waals surface area contributed by atoms with E-state index in [0.717, 1.165) is 10.0 Å². The first-order valence-electron chi connectivity index (χ1n) is 3.78. The van der Waals surface area contributed by atoms with Gasteiger partial charge in [0.05, 0.1) is 6.10 Å². The summed E-state index contributed by atoms with van der Waals surface area (Å²) < 4.78 is 0.865. The molecule has 3 heteroatoms. The third-order valence-corrected chi connectivity index (χ3v) is 2.74. The van der Waals surface area contributed by atoms with Crippen LogP contribution in [-0.4, -0.2) is 5.11 Å². The first-order chi connectivity index (χ1) is 5.66. The molecule has 0 fully saturated rings. The molecular weight excluding hydrogens is 239 g/mol. The Hall–Kier alpha value is -0.0500. The van der Waals surface area contributed by atoms with E-state index in [-0.39, 0.29) is 0 Å². The molecule has 0 spiro atoms. The molecule has 1 unspecified atom stereocenters. The molecule has 0 radical (unpaired) electrons. The zero-order valence-electron chi connectivity index (χ0n) is 6.72. The fourth-order valence-corrected chi connectivity index (χ4v) is 2.08. The summed E-state index contributed by atoms with van der Waals surface area (Å²) in [7, 11) is 0. The summed E-state index contributed by atoms with van der Waals surface area (Å²) in [5.41, 5.74) is 0.779. The van der Waals surface area contributed by atoms with Gasteiger partial charge in [-0.2, -0.15) is 0 Å². The third-order valence-electron chi connectivity index (χ3n) is 1.72. The van der Waals surface area contributed by atoms with Crippen molar-refractivity contribution in [1.82, 2.24) is 0 Å². The van der Waals surface area contributed by atoms with Crippen LogP contribution in [0.5, 0.6) is 0 Å². The Kier molecular flexibility index (Phi) is 3.56. The van der Waals surface area contributed by atoms with Gasteiger partial charge in [0, 0.05) is 15.1 Å². The van der Waals surface area contributed by atoms with Crippen molar-refractivity contribution in [3.05, 3.63) is 33.3 Å². The smallest absolute Gasteiger partial charge is 0.0812 e. The second-order valence-electron chi connectivity index (χ2n) is 2.56. The molecule has 0 saturated heterocycles. The molecule has 0 aromatic heterocycles. The van der Waals surface area contributed by atoms with Crippen molar-refractivity contribution in [2.75, 3.05) is 0 Å². The van der Waals surface area contributed by atoms with Crippen LogP contribution in [0.15, 0.2) is 22.7 Å². The second kappa shape index (κ2) is 4.26. The summed E-state index contributed by atoms with van der Waals surface area (Å²) in [5.74, 6) is 0. The van der Waals surface area contributed by atoms with E-state index in [1.165, 1.54) is 0 Å². The van der Waals surface area contributed by atoms with Crippen LogP contribution in [-0.2, 0) is 0 Å². The van der Waals surface area contributed by atoms with Crippen molar-refractivity contribution in [1.29, 1.82) is 0 Å². The van der Waals surface area contributed by atoms with Crippen LogP contribution in [0.3, 0.4) is 0 Å². The minimum atomic E-state index is -0.479. The highest BCUT2D eigenvalue weighted by molar-refractivity contribution is 9.10. The lowest BCUT2D eigenvalue weighted by molar-refractivity contribution is 0.173. The van der Waals surface area contributed by atoms with Gasteiger partial charge in [0.25, 0.3) is 0 Å². The highest BCUT2D eigenvalue weighted by atomic mass is 79.9. The molecule has 0 aliphatic carbocycles. The lowest BCUT2D eigenvalue weighted by Crippen LogP contribution is -1.97. The van der Waals surface area contributed by atoms with Crippen molar-refractivity contribution in [2.45, 2.75) is 19.4 Å². The summed E-state index contributed by atoms with van der Waals surface area (Å²) in [6.45, 7) is 1.92. The second-order valence-corrected chi connectivity index (χ2v) is 3.82. The Bertz CT molecular complexity index is 255. The van der Waals surface area contributed by atoms with E-state index in [0.29, 0.717) is 11.4 Å². The number of benzene rings is 1. The van der Waals surface area contributed by atoms with Crippen LogP contribution in [0, 0.1) is 0 Å². The Balaban J connectivity index is 3.12. The van der Waals surface area contributed by atoms with E-state index in [1.807, 2.05) is 19.1 Å². The molecule has 0 saturated carbocycles. The fraction of sp³-hybridized carbons (Fsp3) is 0.333. The number of hydrogen-bond donors (Lipinski definition) is 1. The molecule has 0 aliphatic rings. The molecule has 1 atom stereocenters. The van der Waals surface area contributed by atoms with Gasteiger partial charge in [-0.15, -0.1) is 0 Å². The third kappa shape index (κ3) is 2.00. The average Bonchev–Trinajstić information content (AvgIpc) is 2.03. The molecule has 1 aromatic rings. The van der Waals surface area contributed by atoms with Crippen LogP contribution in [0.4, 0.5) is 0 Å². The Morgan fingerprint density at radius 1 is 1.58 bits per heavy atom. The SMILES string of the molecule is CCC(O)c1c(Cl)cccc1Br. The van der Waals surface area contributed by atoms with Crippen molar-refractivity contribution < 1.29 is 5.11 Å². The van der Waals surface area contributed by atoms with E-state index >= 15 is 0 Å². The van der Waals surface area contributed by atoms with Gasteiger partial charge < -0.3 is 5.11 Å². The summed E-state index contributed by atoms with van der Waals surface area (Å²) in [6, 6.07) is 5.50. The number of aliphatic hydroxyl groups excluding tert-OH is 1. The van der Waals surface area contributed by atoms with E-state index in [4.69, 9.17) is 11.6 Å². The average molecular weight is 250 g/mol. The Morgan fingerprint density at radius 2 is 2.25 bits per heavy atom. The monoisotopic (exact) mass is 248 g/mol. The maximum Gasteiger partial charge on any atom is 0.0812 e. The number of aliphatic hydroxyl groups is 1. The van der Waals surface area contributed by atoms with Gasteiger partial charge in [-0.05, 0) is 18.6 Å². The van der Waals surface area contributed by atoms with Crippen molar-refractivity contribution in [3.8, 4) is 0 Å². The predicted octanol–water partition coefficient (Wildman–Crippen LogP) is 3.55. The van der Waals surface area contributed by atoms with Gasteiger partial charge >= 0.3 is 0 Å². The van der Waals surface area contributed by atoms with Crippen molar-refractivity contribution in [3.63, 3.8) is 0 Å². The number of hydrogen-bond acceptors (Lipinski definition) is 1. The maximum absolute atomic E-state index is 9.58. The lowest BCUT2D eigenvalue weighted by atomic mass is 10.1. The van der Waals surface area contributed by atoms with Gasteiger partial charge in [-0.25, -0.2) is 0 Å². The van der Waals surface area contributed by atoms with Gasteiger partial charge in [0.15, 0.2) is 0 Å². The molecule has 1 rings (SSSR count). The minimum Gasteiger partial charge on any atom is -0.388 e. The summed E-state index contributed by atoms with van der Waals surface area (Å²) in [6.07, 6.45) is 0.190. The van der Waals surface area contributed by atoms with Crippen molar-refractivity contribution >= 4 is 27.5 Å². The number of rotatable bonds is 2. The first kappa shape index (κ1) is 10.0.